The molecule has 5 aliphatic rings. The fourth-order valence-electron chi connectivity index (χ4n) is 11.6. The fraction of sp³-hybridized carbons (Fsp3) is 0.794. The molecule has 5 rings (SSSR count). The van der Waals surface area contributed by atoms with E-state index >= 15 is 0 Å². The van der Waals surface area contributed by atoms with Crippen LogP contribution in [0.15, 0.2) is 35.3 Å². The molecule has 5 nitrogen and oxygen atoms in total. The van der Waals surface area contributed by atoms with Crippen molar-refractivity contribution in [3.63, 3.8) is 0 Å². The van der Waals surface area contributed by atoms with Crippen LogP contribution in [0.4, 0.5) is 0 Å². The summed E-state index contributed by atoms with van der Waals surface area (Å²) in [7, 11) is 1.32. The quantitative estimate of drug-likeness (QED) is 0.160. The minimum absolute atomic E-state index is 0.0268. The number of fused-ring (bicyclic) bond motifs is 5. The zero-order valence-electron chi connectivity index (χ0n) is 25.9. The molecule has 0 spiro atoms. The van der Waals surface area contributed by atoms with E-state index in [2.05, 4.69) is 55.4 Å². The highest BCUT2D eigenvalue weighted by Gasteiger charge is 2.72. The van der Waals surface area contributed by atoms with Crippen LogP contribution in [0.25, 0.3) is 0 Å². The van der Waals surface area contributed by atoms with Crippen molar-refractivity contribution in [1.29, 1.82) is 0 Å². The SMILES string of the molecule is C=C1C[C@]2(C)C(C/C(=C\O)C3[C@@H]([C@@]4(C)CCCC(C)(C)O4)CC[C@]32C)[C@@]2(C)C/C(=C(/O)C(=O)OC)C(C)(C)C12. The molecule has 1 aliphatic heterocycles. The van der Waals surface area contributed by atoms with Gasteiger partial charge in [0.2, 0.25) is 5.76 Å². The number of allylic oxidation sites excluding steroid dienone is 3. The Morgan fingerprint density at radius 3 is 2.28 bits per heavy atom. The molecule has 1 heterocycles. The average Bonchev–Trinajstić information content (AvgIpc) is 3.30. The third-order valence-electron chi connectivity index (χ3n) is 13.1. The van der Waals surface area contributed by atoms with Gasteiger partial charge in [-0.1, -0.05) is 46.8 Å². The highest BCUT2D eigenvalue weighted by atomic mass is 16.5. The van der Waals surface area contributed by atoms with Gasteiger partial charge in [-0.2, -0.15) is 0 Å². The Morgan fingerprint density at radius 2 is 1.69 bits per heavy atom. The van der Waals surface area contributed by atoms with Crippen LogP contribution < -0.4 is 0 Å². The second-order valence-corrected chi connectivity index (χ2v) is 15.9. The first kappa shape index (κ1) is 28.8. The molecule has 4 saturated carbocycles. The molecule has 0 aromatic heterocycles. The molecular weight excluding hydrogens is 488 g/mol. The molecule has 218 valence electrons. The average molecular weight is 541 g/mol. The third-order valence-corrected chi connectivity index (χ3v) is 13.1. The van der Waals surface area contributed by atoms with E-state index in [9.17, 15) is 15.0 Å². The number of esters is 1. The minimum Gasteiger partial charge on any atom is -0.516 e. The lowest BCUT2D eigenvalue weighted by molar-refractivity contribution is -0.205. The molecule has 0 aromatic rings. The van der Waals surface area contributed by atoms with Gasteiger partial charge >= 0.3 is 5.97 Å². The summed E-state index contributed by atoms with van der Waals surface area (Å²) in [6, 6.07) is 0. The van der Waals surface area contributed by atoms with E-state index in [1.807, 2.05) is 0 Å². The molecule has 0 bridgehead atoms. The van der Waals surface area contributed by atoms with Crippen molar-refractivity contribution >= 4 is 5.97 Å². The smallest absolute Gasteiger partial charge is 0.373 e. The van der Waals surface area contributed by atoms with Gasteiger partial charge in [-0.05, 0) is 129 Å². The molecule has 3 unspecified atom stereocenters. The van der Waals surface area contributed by atoms with Crippen LogP contribution in [0.3, 0.4) is 0 Å². The number of ether oxygens (including phenoxy) is 2. The van der Waals surface area contributed by atoms with Crippen molar-refractivity contribution in [3.8, 4) is 0 Å². The van der Waals surface area contributed by atoms with Crippen molar-refractivity contribution in [2.75, 3.05) is 7.11 Å². The van der Waals surface area contributed by atoms with Gasteiger partial charge in [0.05, 0.1) is 24.6 Å². The Kier molecular flexibility index (Phi) is 6.36. The van der Waals surface area contributed by atoms with Gasteiger partial charge in [-0.3, -0.25) is 0 Å². The largest absolute Gasteiger partial charge is 0.516 e. The van der Waals surface area contributed by atoms with Crippen LogP contribution in [0.1, 0.15) is 107 Å². The standard InChI is InChI=1S/C34H52O5/c1-20-17-33(8)24(31(6)18-23(26(36)28(37)38-10)30(4,5)27(20)31)16-21(19-35)25-22(12-15-32(25,33)7)34(9)14-11-13-29(2,3)39-34/h19,22,24-25,27,35-36H,1,11-18H2,2-10H3/b21-19+,26-23-/t22-,24?,25?,27?,31+,32+,33+,34+/m0/s1. The Hall–Kier alpha value is -1.75. The van der Waals surface area contributed by atoms with Gasteiger partial charge in [-0.25, -0.2) is 4.79 Å². The van der Waals surface area contributed by atoms with Gasteiger partial charge in [0, 0.05) is 0 Å². The van der Waals surface area contributed by atoms with E-state index in [1.54, 1.807) is 0 Å². The number of aliphatic hydroxyl groups excluding tert-OH is 2. The molecule has 4 aliphatic carbocycles. The summed E-state index contributed by atoms with van der Waals surface area (Å²) in [5.41, 5.74) is 2.15. The van der Waals surface area contributed by atoms with Gasteiger partial charge < -0.3 is 19.7 Å². The molecule has 0 aromatic carbocycles. The maximum absolute atomic E-state index is 12.5. The van der Waals surface area contributed by atoms with Crippen molar-refractivity contribution in [2.24, 2.45) is 45.3 Å². The van der Waals surface area contributed by atoms with Crippen LogP contribution in [0, 0.1) is 45.3 Å². The van der Waals surface area contributed by atoms with Gasteiger partial charge in [0.15, 0.2) is 0 Å². The van der Waals surface area contributed by atoms with Crippen LogP contribution in [0.5, 0.6) is 0 Å². The summed E-state index contributed by atoms with van der Waals surface area (Å²) in [4.78, 5) is 12.5. The lowest BCUT2D eigenvalue weighted by Crippen LogP contribution is -2.61. The van der Waals surface area contributed by atoms with Crippen molar-refractivity contribution in [2.45, 2.75) is 118 Å². The Balaban J connectivity index is 1.61. The summed E-state index contributed by atoms with van der Waals surface area (Å²) in [6.07, 6.45) is 9.33. The van der Waals surface area contributed by atoms with E-state index in [1.165, 1.54) is 25.4 Å². The summed E-state index contributed by atoms with van der Waals surface area (Å²) >= 11 is 0. The molecule has 0 amide bonds. The molecular formula is C34H52O5. The highest BCUT2D eigenvalue weighted by Crippen LogP contribution is 2.79. The Morgan fingerprint density at radius 1 is 1.03 bits per heavy atom. The van der Waals surface area contributed by atoms with Gasteiger partial charge in [0.1, 0.15) is 0 Å². The molecule has 0 radical (unpaired) electrons. The molecule has 2 N–H and O–H groups in total. The van der Waals surface area contributed by atoms with Crippen molar-refractivity contribution in [3.05, 3.63) is 35.3 Å². The Labute approximate surface area is 236 Å². The van der Waals surface area contributed by atoms with Crippen LogP contribution in [-0.2, 0) is 14.3 Å². The predicted molar refractivity (Wildman–Crippen MR) is 154 cm³/mol. The number of methoxy groups -OCH3 is 1. The number of rotatable bonds is 2. The highest BCUT2D eigenvalue weighted by molar-refractivity contribution is 5.87. The normalized spacial score (nSPS) is 48.7. The zero-order chi connectivity index (χ0) is 29.0. The molecule has 39 heavy (non-hydrogen) atoms. The van der Waals surface area contributed by atoms with E-state index in [0.717, 1.165) is 49.7 Å². The number of carbonyl (C=O) groups excluding carboxylic acids is 1. The first-order valence-corrected chi connectivity index (χ1v) is 15.1. The first-order chi connectivity index (χ1) is 17.9. The van der Waals surface area contributed by atoms with Crippen LogP contribution in [-0.4, -0.2) is 34.5 Å². The second kappa shape index (κ2) is 8.63. The number of hydrogen-bond donors (Lipinski definition) is 2. The summed E-state index contributed by atoms with van der Waals surface area (Å²) < 4.78 is 11.8. The maximum atomic E-state index is 12.5. The van der Waals surface area contributed by atoms with Crippen molar-refractivity contribution < 1.29 is 24.5 Å². The lowest BCUT2D eigenvalue weighted by atomic mass is 9.37. The summed E-state index contributed by atoms with van der Waals surface area (Å²) in [6.45, 7) is 23.1. The van der Waals surface area contributed by atoms with E-state index in [-0.39, 0.29) is 51.0 Å². The van der Waals surface area contributed by atoms with Gasteiger partial charge in [0.25, 0.3) is 0 Å². The Bertz CT molecular complexity index is 1140. The minimum atomic E-state index is -0.664. The molecule has 1 saturated heterocycles. The van der Waals surface area contributed by atoms with Crippen molar-refractivity contribution in [1.82, 2.24) is 0 Å². The van der Waals surface area contributed by atoms with Crippen LogP contribution >= 0.6 is 0 Å². The van der Waals surface area contributed by atoms with Crippen LogP contribution in [0.2, 0.25) is 0 Å². The number of aliphatic hydroxyl groups is 2. The molecule has 8 atom stereocenters. The topological polar surface area (TPSA) is 76.0 Å². The third kappa shape index (κ3) is 3.70. The second-order valence-electron chi connectivity index (χ2n) is 15.9. The van der Waals surface area contributed by atoms with E-state index in [0.29, 0.717) is 12.3 Å². The fourth-order valence-corrected chi connectivity index (χ4v) is 11.6. The lowest BCUT2D eigenvalue weighted by Gasteiger charge is -2.67. The molecule has 5 heteroatoms. The zero-order valence-corrected chi connectivity index (χ0v) is 25.9. The van der Waals surface area contributed by atoms with Gasteiger partial charge in [-0.15, -0.1) is 0 Å². The number of hydrogen-bond acceptors (Lipinski definition) is 5. The van der Waals surface area contributed by atoms with E-state index in [4.69, 9.17) is 16.1 Å². The maximum Gasteiger partial charge on any atom is 0.373 e. The van der Waals surface area contributed by atoms with E-state index < -0.39 is 11.4 Å². The molecule has 5 fully saturated rings. The predicted octanol–water partition coefficient (Wildman–Crippen LogP) is 8.22. The first-order valence-electron chi connectivity index (χ1n) is 15.1. The summed E-state index contributed by atoms with van der Waals surface area (Å²) in [5.74, 6) is 0.109. The monoisotopic (exact) mass is 540 g/mol. The number of carbonyl (C=O) groups is 1. The summed E-state index contributed by atoms with van der Waals surface area (Å²) in [5, 5.41) is 21.8.